The lowest BCUT2D eigenvalue weighted by molar-refractivity contribution is 0.135. The SMILES string of the molecule is CNC(c1ccccc1)C(C)(C)CN(C)C1CCSC1. The molecule has 3 heteroatoms. The molecule has 0 aliphatic carbocycles. The lowest BCUT2D eigenvalue weighted by atomic mass is 9.79. The Morgan fingerprint density at radius 3 is 2.60 bits per heavy atom. The predicted octanol–water partition coefficient (Wildman–Crippen LogP) is 3.41. The molecular weight excluding hydrogens is 264 g/mol. The Labute approximate surface area is 128 Å². The largest absolute Gasteiger partial charge is 0.313 e. The van der Waals surface area contributed by atoms with Gasteiger partial charge in [0.15, 0.2) is 0 Å². The summed E-state index contributed by atoms with van der Waals surface area (Å²) in [5, 5.41) is 3.52. The van der Waals surface area contributed by atoms with Gasteiger partial charge < -0.3 is 10.2 Å². The van der Waals surface area contributed by atoms with Crippen LogP contribution in [0.25, 0.3) is 0 Å². The highest BCUT2D eigenvalue weighted by Gasteiger charge is 2.33. The van der Waals surface area contributed by atoms with Crippen LogP contribution in [0.3, 0.4) is 0 Å². The van der Waals surface area contributed by atoms with Crippen molar-refractivity contribution in [2.45, 2.75) is 32.4 Å². The Hall–Kier alpha value is -0.510. The normalized spacial score (nSPS) is 21.4. The van der Waals surface area contributed by atoms with Crippen molar-refractivity contribution in [1.29, 1.82) is 0 Å². The monoisotopic (exact) mass is 292 g/mol. The van der Waals surface area contributed by atoms with Gasteiger partial charge >= 0.3 is 0 Å². The molecular formula is C17H28N2S. The molecule has 1 saturated heterocycles. The van der Waals surface area contributed by atoms with E-state index in [1.165, 1.54) is 23.5 Å². The van der Waals surface area contributed by atoms with Crippen LogP contribution >= 0.6 is 11.8 Å². The molecule has 0 radical (unpaired) electrons. The Balaban J connectivity index is 2.06. The fourth-order valence-electron chi connectivity index (χ4n) is 3.39. The summed E-state index contributed by atoms with van der Waals surface area (Å²) in [6.07, 6.45) is 1.34. The number of hydrogen-bond acceptors (Lipinski definition) is 3. The topological polar surface area (TPSA) is 15.3 Å². The summed E-state index contributed by atoms with van der Waals surface area (Å²) < 4.78 is 0. The van der Waals surface area contributed by atoms with Gasteiger partial charge in [0.25, 0.3) is 0 Å². The third-order valence-corrected chi connectivity index (χ3v) is 5.53. The Morgan fingerprint density at radius 2 is 2.05 bits per heavy atom. The third kappa shape index (κ3) is 3.78. The zero-order valence-corrected chi connectivity index (χ0v) is 14.0. The lowest BCUT2D eigenvalue weighted by Gasteiger charge is -2.39. The van der Waals surface area contributed by atoms with Crippen molar-refractivity contribution >= 4 is 11.8 Å². The number of thioether (sulfide) groups is 1. The van der Waals surface area contributed by atoms with Crippen LogP contribution < -0.4 is 5.32 Å². The van der Waals surface area contributed by atoms with Crippen molar-refractivity contribution < 1.29 is 0 Å². The van der Waals surface area contributed by atoms with Gasteiger partial charge in [-0.25, -0.2) is 0 Å². The molecule has 0 saturated carbocycles. The summed E-state index contributed by atoms with van der Waals surface area (Å²) in [6.45, 7) is 5.87. The van der Waals surface area contributed by atoms with Crippen LogP contribution in [0.5, 0.6) is 0 Å². The summed E-state index contributed by atoms with van der Waals surface area (Å²) in [4.78, 5) is 2.56. The highest BCUT2D eigenvalue weighted by Crippen LogP contribution is 2.35. The molecule has 2 atom stereocenters. The molecule has 2 unspecified atom stereocenters. The smallest absolute Gasteiger partial charge is 0.0381 e. The van der Waals surface area contributed by atoms with E-state index >= 15 is 0 Å². The molecule has 0 aromatic heterocycles. The summed E-state index contributed by atoms with van der Waals surface area (Å²) in [6, 6.07) is 12.0. The zero-order valence-electron chi connectivity index (χ0n) is 13.2. The number of benzene rings is 1. The lowest BCUT2D eigenvalue weighted by Crippen LogP contribution is -2.44. The van der Waals surface area contributed by atoms with E-state index in [-0.39, 0.29) is 5.41 Å². The van der Waals surface area contributed by atoms with E-state index in [0.29, 0.717) is 6.04 Å². The summed E-state index contributed by atoms with van der Waals surface area (Å²) in [7, 11) is 4.36. The van der Waals surface area contributed by atoms with Crippen LogP contribution in [-0.4, -0.2) is 43.1 Å². The molecule has 2 rings (SSSR count). The highest BCUT2D eigenvalue weighted by molar-refractivity contribution is 7.99. The number of nitrogens with one attached hydrogen (secondary N) is 1. The van der Waals surface area contributed by atoms with E-state index in [2.05, 4.69) is 80.3 Å². The second-order valence-electron chi connectivity index (χ2n) is 6.55. The van der Waals surface area contributed by atoms with Crippen molar-refractivity contribution in [2.24, 2.45) is 5.41 Å². The molecule has 2 nitrogen and oxygen atoms in total. The number of hydrogen-bond donors (Lipinski definition) is 1. The van der Waals surface area contributed by atoms with E-state index in [1.807, 2.05) is 0 Å². The van der Waals surface area contributed by atoms with E-state index in [9.17, 15) is 0 Å². The van der Waals surface area contributed by atoms with Gasteiger partial charge in [0.1, 0.15) is 0 Å². The fourth-order valence-corrected chi connectivity index (χ4v) is 4.69. The van der Waals surface area contributed by atoms with E-state index in [0.717, 1.165) is 12.6 Å². The molecule has 1 N–H and O–H groups in total. The van der Waals surface area contributed by atoms with Crippen LogP contribution in [-0.2, 0) is 0 Å². The van der Waals surface area contributed by atoms with Crippen LogP contribution in [0.2, 0.25) is 0 Å². The third-order valence-electron chi connectivity index (χ3n) is 4.39. The Morgan fingerprint density at radius 1 is 1.35 bits per heavy atom. The molecule has 0 bridgehead atoms. The van der Waals surface area contributed by atoms with Gasteiger partial charge in [-0.1, -0.05) is 44.2 Å². The molecule has 1 fully saturated rings. The molecule has 0 spiro atoms. The molecule has 1 aromatic carbocycles. The second kappa shape index (κ2) is 6.97. The average molecular weight is 292 g/mol. The summed E-state index contributed by atoms with van der Waals surface area (Å²) >= 11 is 2.09. The first-order chi connectivity index (χ1) is 9.54. The maximum atomic E-state index is 3.52. The van der Waals surface area contributed by atoms with Gasteiger partial charge in [-0.3, -0.25) is 0 Å². The van der Waals surface area contributed by atoms with Gasteiger partial charge in [0.2, 0.25) is 0 Å². The molecule has 112 valence electrons. The van der Waals surface area contributed by atoms with Crippen LogP contribution in [0.1, 0.15) is 31.9 Å². The molecule has 1 heterocycles. The number of nitrogens with zero attached hydrogens (tertiary/aromatic N) is 1. The van der Waals surface area contributed by atoms with Crippen molar-refractivity contribution in [3.63, 3.8) is 0 Å². The summed E-state index contributed by atoms with van der Waals surface area (Å²) in [5.74, 6) is 2.62. The Bertz CT molecular complexity index is 399. The van der Waals surface area contributed by atoms with E-state index < -0.39 is 0 Å². The van der Waals surface area contributed by atoms with E-state index in [1.54, 1.807) is 0 Å². The van der Waals surface area contributed by atoms with Gasteiger partial charge in [-0.15, -0.1) is 0 Å². The maximum absolute atomic E-state index is 3.52. The zero-order chi connectivity index (χ0) is 14.6. The minimum atomic E-state index is 0.206. The quantitative estimate of drug-likeness (QED) is 0.865. The van der Waals surface area contributed by atoms with Crippen molar-refractivity contribution in [3.05, 3.63) is 35.9 Å². The fraction of sp³-hybridized carbons (Fsp3) is 0.647. The first kappa shape index (κ1) is 15.9. The van der Waals surface area contributed by atoms with Gasteiger partial charge in [0.05, 0.1) is 0 Å². The minimum absolute atomic E-state index is 0.206. The highest BCUT2D eigenvalue weighted by atomic mass is 32.2. The van der Waals surface area contributed by atoms with Crippen molar-refractivity contribution in [3.8, 4) is 0 Å². The second-order valence-corrected chi connectivity index (χ2v) is 7.70. The molecule has 20 heavy (non-hydrogen) atoms. The first-order valence-electron chi connectivity index (χ1n) is 7.55. The molecule has 0 amide bonds. The van der Waals surface area contributed by atoms with Crippen molar-refractivity contribution in [2.75, 3.05) is 32.1 Å². The average Bonchev–Trinajstić information content (AvgIpc) is 2.94. The van der Waals surface area contributed by atoms with Crippen molar-refractivity contribution in [1.82, 2.24) is 10.2 Å². The summed E-state index contributed by atoms with van der Waals surface area (Å²) in [5.41, 5.74) is 1.59. The molecule has 1 aliphatic rings. The molecule has 1 aromatic rings. The molecule has 1 aliphatic heterocycles. The van der Waals surface area contributed by atoms with Gasteiger partial charge in [-0.2, -0.15) is 11.8 Å². The maximum Gasteiger partial charge on any atom is 0.0381 e. The van der Waals surface area contributed by atoms with Crippen LogP contribution in [0.4, 0.5) is 0 Å². The van der Waals surface area contributed by atoms with Crippen LogP contribution in [0, 0.1) is 5.41 Å². The van der Waals surface area contributed by atoms with Crippen LogP contribution in [0.15, 0.2) is 30.3 Å². The predicted molar refractivity (Wildman–Crippen MR) is 90.4 cm³/mol. The Kier molecular flexibility index (Phi) is 5.53. The standard InChI is InChI=1S/C17H28N2S/c1-17(2,13-19(4)15-10-11-20-12-15)16(18-3)14-8-6-5-7-9-14/h5-9,15-16,18H,10-13H2,1-4H3. The minimum Gasteiger partial charge on any atom is -0.313 e. The van der Waals surface area contributed by atoms with Gasteiger partial charge in [0, 0.05) is 24.4 Å². The number of rotatable bonds is 6. The van der Waals surface area contributed by atoms with Gasteiger partial charge in [-0.05, 0) is 37.2 Å². The van der Waals surface area contributed by atoms with E-state index in [4.69, 9.17) is 0 Å². The first-order valence-corrected chi connectivity index (χ1v) is 8.70.